The molecule has 3 nitrogen and oxygen atoms in total. The zero-order valence-corrected chi connectivity index (χ0v) is 8.45. The maximum Gasteiger partial charge on any atom is 0.418 e. The highest BCUT2D eigenvalue weighted by Crippen LogP contribution is 2.35. The lowest BCUT2D eigenvalue weighted by atomic mass is 10.0. The van der Waals surface area contributed by atoms with Gasteiger partial charge in [0, 0.05) is 6.08 Å². The molecule has 1 aromatic carbocycles. The average Bonchev–Trinajstić information content (AvgIpc) is 2.24. The molecule has 6 heteroatoms. The van der Waals surface area contributed by atoms with Crippen molar-refractivity contribution in [3.8, 4) is 6.07 Å². The molecule has 0 atom stereocenters. The minimum absolute atomic E-state index is 0.268. The normalized spacial score (nSPS) is 11.4. The number of primary amides is 1. The first-order chi connectivity index (χ1) is 7.86. The molecule has 0 aromatic heterocycles. The Morgan fingerprint density at radius 2 is 2.06 bits per heavy atom. The number of nitriles is 1. The van der Waals surface area contributed by atoms with Crippen LogP contribution >= 0.6 is 0 Å². The van der Waals surface area contributed by atoms with Crippen LogP contribution in [0.4, 0.5) is 13.2 Å². The zero-order valence-electron chi connectivity index (χ0n) is 8.45. The fourth-order valence-corrected chi connectivity index (χ4v) is 1.29. The topological polar surface area (TPSA) is 66.9 Å². The van der Waals surface area contributed by atoms with E-state index in [0.717, 1.165) is 24.3 Å². The Labute approximate surface area is 95.0 Å². The Kier molecular flexibility index (Phi) is 3.53. The van der Waals surface area contributed by atoms with E-state index in [1.165, 1.54) is 12.1 Å². The molecule has 88 valence electrons. The molecule has 0 fully saturated rings. The van der Waals surface area contributed by atoms with Crippen molar-refractivity contribution in [2.45, 2.75) is 6.18 Å². The van der Waals surface area contributed by atoms with E-state index in [1.54, 1.807) is 0 Å². The van der Waals surface area contributed by atoms with E-state index >= 15 is 0 Å². The number of nitrogens with zero attached hydrogens (tertiary/aromatic N) is 1. The van der Waals surface area contributed by atoms with E-state index in [-0.39, 0.29) is 5.56 Å². The van der Waals surface area contributed by atoms with Crippen LogP contribution in [0.2, 0.25) is 0 Å². The van der Waals surface area contributed by atoms with Gasteiger partial charge < -0.3 is 5.73 Å². The number of alkyl halides is 3. The minimum Gasteiger partial charge on any atom is -0.366 e. The van der Waals surface area contributed by atoms with Crippen LogP contribution in [-0.4, -0.2) is 5.91 Å². The monoisotopic (exact) mass is 240 g/mol. The molecule has 0 aliphatic heterocycles. The molecule has 0 heterocycles. The molecular formula is C11H7F3N2O. The van der Waals surface area contributed by atoms with Crippen LogP contribution in [0.5, 0.6) is 0 Å². The van der Waals surface area contributed by atoms with Gasteiger partial charge in [-0.15, -0.1) is 0 Å². The predicted octanol–water partition coefficient (Wildman–Crippen LogP) is 2.08. The highest BCUT2D eigenvalue weighted by molar-refractivity contribution is 5.90. The Bertz CT molecular complexity index is 512. The van der Waals surface area contributed by atoms with Gasteiger partial charge in [-0.3, -0.25) is 4.79 Å². The molecule has 1 aromatic rings. The molecule has 17 heavy (non-hydrogen) atoms. The van der Waals surface area contributed by atoms with E-state index < -0.39 is 23.2 Å². The molecule has 0 bridgehead atoms. The number of halogens is 3. The average molecular weight is 240 g/mol. The van der Waals surface area contributed by atoms with Gasteiger partial charge in [0.15, 0.2) is 0 Å². The Morgan fingerprint density at radius 1 is 1.41 bits per heavy atom. The second-order valence-electron chi connectivity index (χ2n) is 3.12. The van der Waals surface area contributed by atoms with Gasteiger partial charge in [0.1, 0.15) is 0 Å². The fourth-order valence-electron chi connectivity index (χ4n) is 1.29. The number of hydrogen-bond donors (Lipinski definition) is 1. The number of hydrogen-bond acceptors (Lipinski definition) is 2. The minimum atomic E-state index is -4.66. The van der Waals surface area contributed by atoms with Gasteiger partial charge in [0.05, 0.1) is 17.2 Å². The van der Waals surface area contributed by atoms with Gasteiger partial charge in [-0.25, -0.2) is 0 Å². The molecule has 2 N–H and O–H groups in total. The molecular weight excluding hydrogens is 233 g/mol. The lowest BCUT2D eigenvalue weighted by molar-refractivity contribution is -0.138. The van der Waals surface area contributed by atoms with Crippen LogP contribution in [0.1, 0.15) is 16.7 Å². The predicted molar refractivity (Wildman–Crippen MR) is 54.4 cm³/mol. The first-order valence-electron chi connectivity index (χ1n) is 4.44. The molecule has 1 amide bonds. The first kappa shape index (κ1) is 12.8. The van der Waals surface area contributed by atoms with Crippen molar-refractivity contribution in [3.63, 3.8) is 0 Å². The van der Waals surface area contributed by atoms with Crippen molar-refractivity contribution >= 4 is 12.0 Å². The molecule has 0 aliphatic carbocycles. The maximum absolute atomic E-state index is 12.7. The third-order valence-corrected chi connectivity index (χ3v) is 1.93. The summed E-state index contributed by atoms with van der Waals surface area (Å²) in [4.78, 5) is 10.5. The summed E-state index contributed by atoms with van der Waals surface area (Å²) in [7, 11) is 0. The zero-order chi connectivity index (χ0) is 13.1. The molecule has 0 spiro atoms. The van der Waals surface area contributed by atoms with Crippen LogP contribution in [0.3, 0.4) is 0 Å². The van der Waals surface area contributed by atoms with Gasteiger partial charge in [-0.05, 0) is 17.7 Å². The lowest BCUT2D eigenvalue weighted by Crippen LogP contribution is -2.11. The largest absolute Gasteiger partial charge is 0.418 e. The highest BCUT2D eigenvalue weighted by atomic mass is 19.4. The van der Waals surface area contributed by atoms with Crippen LogP contribution in [0, 0.1) is 11.3 Å². The summed E-state index contributed by atoms with van der Waals surface area (Å²) < 4.78 is 38.2. The summed E-state index contributed by atoms with van der Waals surface area (Å²) in [6.45, 7) is 0. The lowest BCUT2D eigenvalue weighted by Gasteiger charge is -2.11. The second kappa shape index (κ2) is 4.70. The van der Waals surface area contributed by atoms with E-state index in [0.29, 0.717) is 0 Å². The molecule has 1 rings (SSSR count). The third kappa shape index (κ3) is 3.08. The van der Waals surface area contributed by atoms with Gasteiger partial charge >= 0.3 is 6.18 Å². The SMILES string of the molecule is N#Cc1cccc(C=CC(N)=O)c1C(F)(F)F. The van der Waals surface area contributed by atoms with Crippen LogP contribution in [0.15, 0.2) is 24.3 Å². The second-order valence-corrected chi connectivity index (χ2v) is 3.12. The van der Waals surface area contributed by atoms with Crippen LogP contribution in [0.25, 0.3) is 6.08 Å². The summed E-state index contributed by atoms with van der Waals surface area (Å²) in [6.07, 6.45) is -2.92. The number of nitrogens with two attached hydrogens (primary N) is 1. The molecule has 0 radical (unpaired) electrons. The van der Waals surface area contributed by atoms with E-state index in [2.05, 4.69) is 0 Å². The third-order valence-electron chi connectivity index (χ3n) is 1.93. The summed E-state index contributed by atoms with van der Waals surface area (Å²) in [6, 6.07) is 4.98. The van der Waals surface area contributed by atoms with Gasteiger partial charge in [0.2, 0.25) is 5.91 Å². The molecule has 0 unspecified atom stereocenters. The summed E-state index contributed by atoms with van der Waals surface area (Å²) in [5.41, 5.74) is 2.96. The number of amides is 1. The van der Waals surface area contributed by atoms with Crippen LogP contribution < -0.4 is 5.73 Å². The number of benzene rings is 1. The Balaban J connectivity index is 3.41. The molecule has 0 aliphatic rings. The van der Waals surface area contributed by atoms with E-state index in [1.807, 2.05) is 0 Å². The number of carbonyl (C=O) groups is 1. The van der Waals surface area contributed by atoms with Gasteiger partial charge in [-0.1, -0.05) is 12.1 Å². The summed E-state index contributed by atoms with van der Waals surface area (Å²) in [5.74, 6) is -0.861. The van der Waals surface area contributed by atoms with Crippen molar-refractivity contribution in [1.29, 1.82) is 5.26 Å². The van der Waals surface area contributed by atoms with E-state index in [4.69, 9.17) is 11.0 Å². The first-order valence-corrected chi connectivity index (χ1v) is 4.44. The molecule has 0 saturated carbocycles. The molecule has 0 saturated heterocycles. The fraction of sp³-hybridized carbons (Fsp3) is 0.0909. The Morgan fingerprint density at radius 3 is 2.53 bits per heavy atom. The smallest absolute Gasteiger partial charge is 0.366 e. The van der Waals surface area contributed by atoms with Crippen molar-refractivity contribution in [2.24, 2.45) is 5.73 Å². The Hall–Kier alpha value is -2.29. The van der Waals surface area contributed by atoms with Gasteiger partial charge in [0.25, 0.3) is 0 Å². The van der Waals surface area contributed by atoms with Crippen molar-refractivity contribution < 1.29 is 18.0 Å². The van der Waals surface area contributed by atoms with Crippen molar-refractivity contribution in [2.75, 3.05) is 0 Å². The quantitative estimate of drug-likeness (QED) is 0.804. The number of carbonyl (C=O) groups excluding carboxylic acids is 1. The highest BCUT2D eigenvalue weighted by Gasteiger charge is 2.35. The van der Waals surface area contributed by atoms with Crippen molar-refractivity contribution in [3.05, 3.63) is 41.0 Å². The van der Waals surface area contributed by atoms with Crippen molar-refractivity contribution in [1.82, 2.24) is 0 Å². The van der Waals surface area contributed by atoms with Gasteiger partial charge in [-0.2, -0.15) is 18.4 Å². The summed E-state index contributed by atoms with van der Waals surface area (Å²) in [5, 5.41) is 8.62. The number of rotatable bonds is 2. The van der Waals surface area contributed by atoms with Crippen LogP contribution in [-0.2, 0) is 11.0 Å². The van der Waals surface area contributed by atoms with E-state index in [9.17, 15) is 18.0 Å². The summed E-state index contributed by atoms with van der Waals surface area (Å²) >= 11 is 0. The standard InChI is InChI=1S/C11H7F3N2O/c12-11(13,14)10-7(4-5-9(16)17)2-1-3-8(10)6-15/h1-5H,(H2,16,17). The maximum atomic E-state index is 12.7.